The third-order valence-corrected chi connectivity index (χ3v) is 6.13. The molecule has 0 spiro atoms. The summed E-state index contributed by atoms with van der Waals surface area (Å²) < 4.78 is 39.2. The zero-order chi connectivity index (χ0) is 26.8. The molecule has 0 bridgehead atoms. The van der Waals surface area contributed by atoms with Gasteiger partial charge in [0.05, 0.1) is 5.56 Å². The summed E-state index contributed by atoms with van der Waals surface area (Å²) in [6.45, 7) is 6.46. The maximum absolute atomic E-state index is 13.1. The molecule has 3 rings (SSSR count). The molecular weight excluding hydrogens is 479 g/mol. The SMILES string of the molecule is CCCCCc1c(NCc2ccc(OOC(=O)CCC)c(C)c2)cccc1-c1ccc(C(F)(F)F)cc1. The zero-order valence-electron chi connectivity index (χ0n) is 21.6. The number of rotatable bonds is 12. The lowest BCUT2D eigenvalue weighted by atomic mass is 9.93. The van der Waals surface area contributed by atoms with Crippen molar-refractivity contribution in [3.63, 3.8) is 0 Å². The lowest BCUT2D eigenvalue weighted by Gasteiger charge is -2.18. The predicted octanol–water partition coefficient (Wildman–Crippen LogP) is 8.66. The molecule has 4 nitrogen and oxygen atoms in total. The Balaban J connectivity index is 1.79. The fourth-order valence-corrected chi connectivity index (χ4v) is 4.13. The molecule has 1 N–H and O–H groups in total. The van der Waals surface area contributed by atoms with Crippen molar-refractivity contribution in [3.8, 4) is 16.9 Å². The number of hydrogen-bond donors (Lipinski definition) is 1. The summed E-state index contributed by atoms with van der Waals surface area (Å²) in [5.74, 6) is 0.0777. The number of carbonyl (C=O) groups is 1. The normalized spacial score (nSPS) is 11.3. The van der Waals surface area contributed by atoms with Crippen LogP contribution in [0.15, 0.2) is 60.7 Å². The van der Waals surface area contributed by atoms with E-state index in [1.807, 2.05) is 44.2 Å². The second-order valence-corrected chi connectivity index (χ2v) is 9.11. The molecule has 3 aromatic rings. The van der Waals surface area contributed by atoms with Crippen molar-refractivity contribution in [3.05, 3.63) is 82.9 Å². The first-order valence-corrected chi connectivity index (χ1v) is 12.7. The van der Waals surface area contributed by atoms with E-state index in [2.05, 4.69) is 12.2 Å². The highest BCUT2D eigenvalue weighted by Crippen LogP contribution is 2.34. The van der Waals surface area contributed by atoms with E-state index in [1.165, 1.54) is 0 Å². The molecule has 0 saturated carbocycles. The average molecular weight is 514 g/mol. The van der Waals surface area contributed by atoms with Crippen LogP contribution in [0.25, 0.3) is 11.1 Å². The van der Waals surface area contributed by atoms with Crippen molar-refractivity contribution in [1.29, 1.82) is 0 Å². The maximum Gasteiger partial charge on any atom is 0.416 e. The molecule has 0 aliphatic rings. The lowest BCUT2D eigenvalue weighted by Crippen LogP contribution is -2.08. The number of benzene rings is 3. The topological polar surface area (TPSA) is 47.6 Å². The monoisotopic (exact) mass is 513 g/mol. The fraction of sp³-hybridized carbons (Fsp3) is 0.367. The Bertz CT molecular complexity index is 1170. The van der Waals surface area contributed by atoms with E-state index in [9.17, 15) is 18.0 Å². The predicted molar refractivity (Wildman–Crippen MR) is 140 cm³/mol. The van der Waals surface area contributed by atoms with Gasteiger partial charge in [0.25, 0.3) is 0 Å². The summed E-state index contributed by atoms with van der Waals surface area (Å²) in [6, 6.07) is 16.9. The van der Waals surface area contributed by atoms with Crippen molar-refractivity contribution < 1.29 is 27.7 Å². The van der Waals surface area contributed by atoms with Crippen molar-refractivity contribution in [1.82, 2.24) is 0 Å². The average Bonchev–Trinajstić information content (AvgIpc) is 2.87. The molecule has 3 aromatic carbocycles. The summed E-state index contributed by atoms with van der Waals surface area (Å²) >= 11 is 0. The van der Waals surface area contributed by atoms with Gasteiger partial charge in [-0.05, 0) is 78.3 Å². The van der Waals surface area contributed by atoms with Crippen LogP contribution in [0, 0.1) is 6.92 Å². The van der Waals surface area contributed by atoms with Gasteiger partial charge in [-0.15, -0.1) is 0 Å². The Morgan fingerprint density at radius 3 is 2.35 bits per heavy atom. The van der Waals surface area contributed by atoms with Crippen molar-refractivity contribution in [2.45, 2.75) is 72.0 Å². The van der Waals surface area contributed by atoms with Crippen LogP contribution in [0.3, 0.4) is 0 Å². The molecule has 198 valence electrons. The van der Waals surface area contributed by atoms with Gasteiger partial charge < -0.3 is 5.32 Å². The zero-order valence-corrected chi connectivity index (χ0v) is 21.6. The smallest absolute Gasteiger partial charge is 0.381 e. The first-order valence-electron chi connectivity index (χ1n) is 12.7. The summed E-state index contributed by atoms with van der Waals surface area (Å²) in [5.41, 5.74) is 4.95. The molecule has 0 unspecified atom stereocenters. The van der Waals surface area contributed by atoms with E-state index in [1.54, 1.807) is 18.2 Å². The van der Waals surface area contributed by atoms with Gasteiger partial charge in [-0.3, -0.25) is 9.78 Å². The van der Waals surface area contributed by atoms with Crippen LogP contribution in [0.1, 0.15) is 68.2 Å². The maximum atomic E-state index is 13.1. The van der Waals surface area contributed by atoms with Crippen LogP contribution >= 0.6 is 0 Å². The Hall–Kier alpha value is -3.48. The third kappa shape index (κ3) is 8.00. The van der Waals surface area contributed by atoms with E-state index in [0.29, 0.717) is 25.1 Å². The quantitative estimate of drug-likeness (QED) is 0.150. The van der Waals surface area contributed by atoms with Gasteiger partial charge >= 0.3 is 12.1 Å². The van der Waals surface area contributed by atoms with E-state index in [-0.39, 0.29) is 0 Å². The van der Waals surface area contributed by atoms with Crippen molar-refractivity contribution in [2.75, 3.05) is 5.32 Å². The van der Waals surface area contributed by atoms with Gasteiger partial charge in [0.2, 0.25) is 0 Å². The number of hydrogen-bond acceptors (Lipinski definition) is 4. The number of halogens is 3. The second-order valence-electron chi connectivity index (χ2n) is 9.11. The minimum absolute atomic E-state index is 0.299. The molecule has 0 saturated heterocycles. The second kappa shape index (κ2) is 13.2. The van der Waals surface area contributed by atoms with Gasteiger partial charge in [-0.2, -0.15) is 13.2 Å². The summed E-state index contributed by atoms with van der Waals surface area (Å²) in [4.78, 5) is 21.6. The Kier molecular flexibility index (Phi) is 10.0. The highest BCUT2D eigenvalue weighted by Gasteiger charge is 2.30. The molecule has 0 amide bonds. The first kappa shape index (κ1) is 28.1. The molecule has 0 aromatic heterocycles. The Morgan fingerprint density at radius 2 is 1.70 bits per heavy atom. The Morgan fingerprint density at radius 1 is 0.946 bits per heavy atom. The lowest BCUT2D eigenvalue weighted by molar-refractivity contribution is -0.214. The largest absolute Gasteiger partial charge is 0.416 e. The van der Waals surface area contributed by atoms with Gasteiger partial charge in [0.15, 0.2) is 5.75 Å². The first-order chi connectivity index (χ1) is 17.7. The van der Waals surface area contributed by atoms with E-state index < -0.39 is 17.7 Å². The number of carbonyl (C=O) groups excluding carboxylic acids is 1. The number of unbranched alkanes of at least 4 members (excludes halogenated alkanes) is 2. The van der Waals surface area contributed by atoms with Gasteiger partial charge in [-0.1, -0.05) is 63.1 Å². The molecule has 37 heavy (non-hydrogen) atoms. The van der Waals surface area contributed by atoms with Crippen LogP contribution in [-0.4, -0.2) is 5.97 Å². The van der Waals surface area contributed by atoms with Gasteiger partial charge in [0, 0.05) is 18.7 Å². The summed E-state index contributed by atoms with van der Waals surface area (Å²) in [5, 5.41) is 3.51. The van der Waals surface area contributed by atoms with Crippen LogP contribution in [0.5, 0.6) is 5.75 Å². The number of alkyl halides is 3. The van der Waals surface area contributed by atoms with E-state index in [4.69, 9.17) is 9.78 Å². The molecule has 7 heteroatoms. The molecule has 0 aliphatic carbocycles. The summed E-state index contributed by atoms with van der Waals surface area (Å²) in [6.07, 6.45) is 0.588. The van der Waals surface area contributed by atoms with Crippen LogP contribution < -0.4 is 10.2 Å². The fourth-order valence-electron chi connectivity index (χ4n) is 4.13. The summed E-state index contributed by atoms with van der Waals surface area (Å²) in [7, 11) is 0. The number of aryl methyl sites for hydroxylation is 1. The highest BCUT2D eigenvalue weighted by atomic mass is 19.4. The third-order valence-electron chi connectivity index (χ3n) is 6.13. The highest BCUT2D eigenvalue weighted by molar-refractivity contribution is 5.74. The molecule has 0 aliphatic heterocycles. The number of nitrogens with one attached hydrogen (secondary N) is 1. The van der Waals surface area contributed by atoms with E-state index in [0.717, 1.165) is 71.3 Å². The standard InChI is InChI=1S/C30H34F3NO3/c1-4-6-7-10-26-25(23-14-16-24(17-15-23)30(31,32)33)11-8-12-27(26)34-20-22-13-18-28(21(3)19-22)36-37-29(35)9-5-2/h8,11-19,34H,4-7,9-10,20H2,1-3H3. The Labute approximate surface area is 216 Å². The van der Waals surface area contributed by atoms with Crippen LogP contribution in [0.4, 0.5) is 18.9 Å². The van der Waals surface area contributed by atoms with E-state index >= 15 is 0 Å². The van der Waals surface area contributed by atoms with Crippen molar-refractivity contribution in [2.24, 2.45) is 0 Å². The molecule has 0 radical (unpaired) electrons. The van der Waals surface area contributed by atoms with Crippen molar-refractivity contribution >= 4 is 11.7 Å². The van der Waals surface area contributed by atoms with Gasteiger partial charge in [0.1, 0.15) is 0 Å². The molecule has 0 heterocycles. The van der Waals surface area contributed by atoms with Crippen LogP contribution in [-0.2, 0) is 28.8 Å². The minimum atomic E-state index is -4.36. The molecule has 0 atom stereocenters. The minimum Gasteiger partial charge on any atom is -0.381 e. The van der Waals surface area contributed by atoms with Gasteiger partial charge in [-0.25, -0.2) is 4.79 Å². The van der Waals surface area contributed by atoms with Crippen LogP contribution in [0.2, 0.25) is 0 Å². The number of anilines is 1. The molecular formula is C30H34F3NO3. The molecule has 0 fully saturated rings.